The van der Waals surface area contributed by atoms with Gasteiger partial charge in [-0.3, -0.25) is 5.01 Å². The maximum Gasteiger partial charge on any atom is 0.161 e. The first-order valence-corrected chi connectivity index (χ1v) is 11.3. The van der Waals surface area contributed by atoms with Gasteiger partial charge < -0.3 is 14.4 Å². The minimum absolute atomic E-state index is 0.507. The molecule has 0 bridgehead atoms. The summed E-state index contributed by atoms with van der Waals surface area (Å²) in [6.45, 7) is 5.54. The number of rotatable bonds is 8. The third-order valence-corrected chi connectivity index (χ3v) is 5.86. The zero-order chi connectivity index (χ0) is 22.2. The first kappa shape index (κ1) is 22.2. The van der Waals surface area contributed by atoms with Gasteiger partial charge >= 0.3 is 0 Å². The summed E-state index contributed by atoms with van der Waals surface area (Å²) in [5.41, 5.74) is 3.44. The van der Waals surface area contributed by atoms with Crippen molar-refractivity contribution in [3.05, 3.63) is 94.5 Å². The Kier molecular flexibility index (Phi) is 7.64. The predicted molar refractivity (Wildman–Crippen MR) is 129 cm³/mol. The van der Waals surface area contributed by atoms with Gasteiger partial charge in [0, 0.05) is 10.6 Å². The molecule has 3 aromatic carbocycles. The van der Waals surface area contributed by atoms with Crippen molar-refractivity contribution in [2.45, 2.75) is 13.2 Å². The summed E-state index contributed by atoms with van der Waals surface area (Å²) >= 11 is 5.98. The van der Waals surface area contributed by atoms with Crippen LogP contribution in [0.4, 0.5) is 0 Å². The summed E-state index contributed by atoms with van der Waals surface area (Å²) in [4.78, 5) is 1.57. The Bertz CT molecular complexity index is 1020. The van der Waals surface area contributed by atoms with Crippen molar-refractivity contribution < 1.29 is 14.4 Å². The van der Waals surface area contributed by atoms with Gasteiger partial charge in [0.05, 0.1) is 39.5 Å². The van der Waals surface area contributed by atoms with E-state index < -0.39 is 0 Å². The molecule has 3 aromatic rings. The molecule has 1 heterocycles. The first-order chi connectivity index (χ1) is 15.7. The van der Waals surface area contributed by atoms with Crippen LogP contribution in [0.5, 0.6) is 11.5 Å². The molecule has 1 fully saturated rings. The molecule has 0 spiro atoms. The van der Waals surface area contributed by atoms with Crippen LogP contribution in [0.1, 0.15) is 16.7 Å². The van der Waals surface area contributed by atoms with Crippen LogP contribution in [0, 0.1) is 0 Å². The van der Waals surface area contributed by atoms with Crippen LogP contribution < -0.4 is 14.4 Å². The molecule has 166 valence electrons. The van der Waals surface area contributed by atoms with E-state index in [2.05, 4.69) is 22.2 Å². The largest absolute Gasteiger partial charge is 0.493 e. The molecule has 1 N–H and O–H groups in total. The highest BCUT2D eigenvalue weighted by molar-refractivity contribution is 6.30. The van der Waals surface area contributed by atoms with E-state index in [9.17, 15) is 0 Å². The van der Waals surface area contributed by atoms with Gasteiger partial charge in [-0.15, -0.1) is 0 Å². The maximum absolute atomic E-state index is 5.98. The van der Waals surface area contributed by atoms with E-state index in [0.29, 0.717) is 12.4 Å². The minimum atomic E-state index is 0.507. The SMILES string of the molecule is COc1cc(/C=N\N2CC[NH+](Cc3ccc(Cl)cc3)CC2)ccc1OCc1ccccc1. The minimum Gasteiger partial charge on any atom is -0.493 e. The fourth-order valence-electron chi connectivity index (χ4n) is 3.76. The Morgan fingerprint density at radius 1 is 0.938 bits per heavy atom. The number of hydrogen-bond donors (Lipinski definition) is 1. The topological polar surface area (TPSA) is 38.5 Å². The number of hydrogen-bond acceptors (Lipinski definition) is 4. The Hall–Kier alpha value is -3.02. The van der Waals surface area contributed by atoms with Crippen molar-refractivity contribution in [2.24, 2.45) is 5.10 Å². The van der Waals surface area contributed by atoms with E-state index in [1.165, 1.54) is 5.56 Å². The zero-order valence-corrected chi connectivity index (χ0v) is 19.1. The lowest BCUT2D eigenvalue weighted by molar-refractivity contribution is -0.918. The number of methoxy groups -OCH3 is 1. The summed E-state index contributed by atoms with van der Waals surface area (Å²) in [6.07, 6.45) is 1.90. The van der Waals surface area contributed by atoms with Crippen LogP contribution in [-0.4, -0.2) is 44.5 Å². The second-order valence-electron chi connectivity index (χ2n) is 7.94. The van der Waals surface area contributed by atoms with Crippen LogP contribution in [-0.2, 0) is 13.2 Å². The van der Waals surface area contributed by atoms with Crippen LogP contribution in [0.3, 0.4) is 0 Å². The molecule has 1 aliphatic heterocycles. The molecular weight excluding hydrogens is 422 g/mol. The van der Waals surface area contributed by atoms with Crippen molar-refractivity contribution in [2.75, 3.05) is 33.3 Å². The van der Waals surface area contributed by atoms with Gasteiger partial charge in [0.1, 0.15) is 13.2 Å². The van der Waals surface area contributed by atoms with Crippen molar-refractivity contribution >= 4 is 17.8 Å². The van der Waals surface area contributed by atoms with Gasteiger partial charge in [0.2, 0.25) is 0 Å². The number of piperazine rings is 1. The van der Waals surface area contributed by atoms with E-state index in [4.69, 9.17) is 21.1 Å². The normalized spacial score (nSPS) is 14.6. The highest BCUT2D eigenvalue weighted by Crippen LogP contribution is 2.28. The molecule has 6 heteroatoms. The van der Waals surface area contributed by atoms with Crippen LogP contribution in [0.15, 0.2) is 77.9 Å². The molecule has 0 saturated carbocycles. The highest BCUT2D eigenvalue weighted by atomic mass is 35.5. The van der Waals surface area contributed by atoms with Gasteiger partial charge in [-0.05, 0) is 41.5 Å². The highest BCUT2D eigenvalue weighted by Gasteiger charge is 2.18. The second-order valence-corrected chi connectivity index (χ2v) is 8.37. The molecular formula is C26H29ClN3O2+. The summed E-state index contributed by atoms with van der Waals surface area (Å²) < 4.78 is 11.5. The van der Waals surface area contributed by atoms with E-state index in [1.807, 2.05) is 66.9 Å². The van der Waals surface area contributed by atoms with Gasteiger partial charge in [-0.2, -0.15) is 5.10 Å². The number of nitrogens with zero attached hydrogens (tertiary/aromatic N) is 2. The number of quaternary nitrogens is 1. The predicted octanol–water partition coefficient (Wildman–Crippen LogP) is 3.66. The van der Waals surface area contributed by atoms with Gasteiger partial charge in [-0.1, -0.05) is 54.1 Å². The molecule has 32 heavy (non-hydrogen) atoms. The smallest absolute Gasteiger partial charge is 0.161 e. The summed E-state index contributed by atoms with van der Waals surface area (Å²) in [5.74, 6) is 1.44. The monoisotopic (exact) mass is 450 g/mol. The summed E-state index contributed by atoms with van der Waals surface area (Å²) in [7, 11) is 1.66. The van der Waals surface area contributed by atoms with Crippen molar-refractivity contribution in [3.8, 4) is 11.5 Å². The van der Waals surface area contributed by atoms with E-state index >= 15 is 0 Å². The van der Waals surface area contributed by atoms with Gasteiger partial charge in [-0.25, -0.2) is 0 Å². The van der Waals surface area contributed by atoms with Gasteiger partial charge in [0.25, 0.3) is 0 Å². The van der Waals surface area contributed by atoms with Gasteiger partial charge in [0.15, 0.2) is 11.5 Å². The Balaban J connectivity index is 1.29. The Morgan fingerprint density at radius 2 is 1.69 bits per heavy atom. The van der Waals surface area contributed by atoms with E-state index in [1.54, 1.807) is 12.0 Å². The fourth-order valence-corrected chi connectivity index (χ4v) is 3.89. The number of nitrogens with one attached hydrogen (secondary N) is 1. The van der Waals surface area contributed by atoms with Crippen LogP contribution in [0.25, 0.3) is 0 Å². The Morgan fingerprint density at radius 3 is 2.41 bits per heavy atom. The molecule has 0 amide bonds. The average molecular weight is 451 g/mol. The quantitative estimate of drug-likeness (QED) is 0.532. The third kappa shape index (κ3) is 6.25. The summed E-state index contributed by atoms with van der Waals surface area (Å²) in [5, 5.41) is 7.61. The molecule has 4 rings (SSSR count). The van der Waals surface area contributed by atoms with Crippen molar-refractivity contribution in [1.29, 1.82) is 0 Å². The van der Waals surface area contributed by atoms with Crippen LogP contribution in [0.2, 0.25) is 5.02 Å². The molecule has 0 radical (unpaired) electrons. The molecule has 0 atom stereocenters. The lowest BCUT2D eigenvalue weighted by Gasteiger charge is -2.30. The lowest BCUT2D eigenvalue weighted by Crippen LogP contribution is -3.13. The number of benzene rings is 3. The molecule has 0 unspecified atom stereocenters. The molecule has 1 aliphatic rings. The van der Waals surface area contributed by atoms with E-state index in [-0.39, 0.29) is 0 Å². The summed E-state index contributed by atoms with van der Waals surface area (Å²) in [6, 6.07) is 24.2. The third-order valence-electron chi connectivity index (χ3n) is 5.61. The number of ether oxygens (including phenoxy) is 2. The lowest BCUT2D eigenvalue weighted by atomic mass is 10.2. The second kappa shape index (κ2) is 11.0. The molecule has 5 nitrogen and oxygen atoms in total. The zero-order valence-electron chi connectivity index (χ0n) is 18.3. The first-order valence-electron chi connectivity index (χ1n) is 10.9. The van der Waals surface area contributed by atoms with Crippen molar-refractivity contribution in [3.63, 3.8) is 0 Å². The van der Waals surface area contributed by atoms with Crippen molar-refractivity contribution in [1.82, 2.24) is 5.01 Å². The Labute approximate surface area is 194 Å². The average Bonchev–Trinajstić information content (AvgIpc) is 2.84. The fraction of sp³-hybridized carbons (Fsp3) is 0.269. The van der Waals surface area contributed by atoms with E-state index in [0.717, 1.165) is 54.6 Å². The molecule has 0 aliphatic carbocycles. The standard InChI is InChI=1S/C26H28ClN3O2/c1-31-26-17-23(9-12-25(26)32-20-22-5-3-2-4-6-22)18-28-30-15-13-29(14-16-30)19-21-7-10-24(27)11-8-21/h2-12,17-18H,13-16,19-20H2,1H3/p+1/b28-18-. The number of hydrazone groups is 1. The molecule has 1 saturated heterocycles. The van der Waals surface area contributed by atoms with Crippen LogP contribution >= 0.6 is 11.6 Å². The number of halogens is 1. The maximum atomic E-state index is 5.98. The molecule has 0 aromatic heterocycles.